The van der Waals surface area contributed by atoms with Crippen LogP contribution < -0.4 is 5.32 Å². The van der Waals surface area contributed by atoms with E-state index in [2.05, 4.69) is 51.4 Å². The third kappa shape index (κ3) is 3.04. The SMILES string of the molecule is Cc1ccc(NCc2cc(Br)ccc2Cl)c2cccnc12. The number of nitrogens with zero attached hydrogens (tertiary/aromatic N) is 1. The van der Waals surface area contributed by atoms with Gasteiger partial charge in [0.15, 0.2) is 0 Å². The Balaban J connectivity index is 1.92. The molecule has 0 spiro atoms. The monoisotopic (exact) mass is 360 g/mol. The van der Waals surface area contributed by atoms with Crippen molar-refractivity contribution in [2.75, 3.05) is 5.32 Å². The first-order valence-corrected chi connectivity index (χ1v) is 7.84. The molecule has 0 saturated heterocycles. The van der Waals surface area contributed by atoms with Gasteiger partial charge in [-0.25, -0.2) is 0 Å². The first-order chi connectivity index (χ1) is 10.1. The van der Waals surface area contributed by atoms with E-state index in [9.17, 15) is 0 Å². The molecule has 1 aromatic heterocycles. The van der Waals surface area contributed by atoms with Crippen LogP contribution in [-0.4, -0.2) is 4.98 Å². The Morgan fingerprint density at radius 3 is 2.90 bits per heavy atom. The van der Waals surface area contributed by atoms with E-state index < -0.39 is 0 Å². The van der Waals surface area contributed by atoms with Crippen molar-refractivity contribution in [3.05, 3.63) is 69.3 Å². The highest BCUT2D eigenvalue weighted by Gasteiger charge is 2.06. The standard InChI is InChI=1S/C17H14BrClN2/c1-11-4-7-16(14-3-2-8-20-17(11)14)21-10-12-9-13(18)5-6-15(12)19/h2-9,21H,10H2,1H3. The summed E-state index contributed by atoms with van der Waals surface area (Å²) < 4.78 is 1.03. The number of aryl methyl sites for hydroxylation is 1. The first kappa shape index (κ1) is 14.4. The highest BCUT2D eigenvalue weighted by molar-refractivity contribution is 9.10. The number of hydrogen-bond acceptors (Lipinski definition) is 2. The maximum atomic E-state index is 6.23. The molecule has 0 amide bonds. The van der Waals surface area contributed by atoms with Gasteiger partial charge in [-0.15, -0.1) is 0 Å². The Morgan fingerprint density at radius 2 is 2.05 bits per heavy atom. The zero-order chi connectivity index (χ0) is 14.8. The number of halogens is 2. The molecule has 2 nitrogen and oxygen atoms in total. The minimum atomic E-state index is 0.672. The molecule has 0 saturated carbocycles. The Bertz CT molecular complexity index is 802. The lowest BCUT2D eigenvalue weighted by Crippen LogP contribution is -2.01. The second-order valence-electron chi connectivity index (χ2n) is 4.92. The van der Waals surface area contributed by atoms with E-state index in [1.54, 1.807) is 0 Å². The minimum Gasteiger partial charge on any atom is -0.380 e. The summed E-state index contributed by atoms with van der Waals surface area (Å²) in [5, 5.41) is 5.35. The molecule has 0 atom stereocenters. The molecule has 0 aliphatic carbocycles. The second-order valence-corrected chi connectivity index (χ2v) is 6.24. The maximum absolute atomic E-state index is 6.23. The van der Waals surface area contributed by atoms with Gasteiger partial charge in [0.05, 0.1) is 5.52 Å². The maximum Gasteiger partial charge on any atom is 0.0751 e. The van der Waals surface area contributed by atoms with Gasteiger partial charge in [0.25, 0.3) is 0 Å². The van der Waals surface area contributed by atoms with Crippen LogP contribution in [0.2, 0.25) is 5.02 Å². The average molecular weight is 362 g/mol. The fourth-order valence-electron chi connectivity index (χ4n) is 2.34. The third-order valence-electron chi connectivity index (χ3n) is 3.45. The molecule has 0 aliphatic heterocycles. The van der Waals surface area contributed by atoms with Crippen LogP contribution in [0.5, 0.6) is 0 Å². The second kappa shape index (κ2) is 6.04. The van der Waals surface area contributed by atoms with E-state index in [0.29, 0.717) is 6.54 Å². The molecule has 2 aromatic carbocycles. The molecular formula is C17H14BrClN2. The number of aromatic nitrogens is 1. The molecule has 0 radical (unpaired) electrons. The molecule has 0 aliphatic rings. The molecule has 0 unspecified atom stereocenters. The van der Waals surface area contributed by atoms with E-state index in [1.165, 1.54) is 5.56 Å². The van der Waals surface area contributed by atoms with Crippen LogP contribution in [0.3, 0.4) is 0 Å². The van der Waals surface area contributed by atoms with Crippen molar-refractivity contribution in [2.24, 2.45) is 0 Å². The van der Waals surface area contributed by atoms with Crippen LogP contribution in [-0.2, 0) is 6.54 Å². The normalized spacial score (nSPS) is 10.8. The van der Waals surface area contributed by atoms with Gasteiger partial charge >= 0.3 is 0 Å². The predicted octanol–water partition coefficient (Wildman–Crippen LogP) is 5.57. The van der Waals surface area contributed by atoms with Crippen LogP contribution >= 0.6 is 27.5 Å². The highest BCUT2D eigenvalue weighted by Crippen LogP contribution is 2.26. The molecule has 1 N–H and O–H groups in total. The van der Waals surface area contributed by atoms with Crippen LogP contribution in [0.1, 0.15) is 11.1 Å². The van der Waals surface area contributed by atoms with Crippen molar-refractivity contribution >= 4 is 44.1 Å². The summed E-state index contributed by atoms with van der Waals surface area (Å²) in [6, 6.07) is 14.1. The van der Waals surface area contributed by atoms with Gasteiger partial charge in [-0.05, 0) is 54.4 Å². The van der Waals surface area contributed by atoms with Crippen molar-refractivity contribution in [1.29, 1.82) is 0 Å². The predicted molar refractivity (Wildman–Crippen MR) is 93.0 cm³/mol. The molecule has 3 rings (SSSR count). The van der Waals surface area contributed by atoms with Crippen molar-refractivity contribution in [3.8, 4) is 0 Å². The summed E-state index contributed by atoms with van der Waals surface area (Å²) in [6.45, 7) is 2.75. The zero-order valence-electron chi connectivity index (χ0n) is 11.5. The van der Waals surface area contributed by atoms with Gasteiger partial charge in [-0.2, -0.15) is 0 Å². The molecule has 21 heavy (non-hydrogen) atoms. The highest BCUT2D eigenvalue weighted by atomic mass is 79.9. The Hall–Kier alpha value is -1.58. The lowest BCUT2D eigenvalue weighted by atomic mass is 10.1. The van der Waals surface area contributed by atoms with Crippen LogP contribution in [0.15, 0.2) is 53.1 Å². The fraction of sp³-hybridized carbons (Fsp3) is 0.118. The summed E-state index contributed by atoms with van der Waals surface area (Å²) in [4.78, 5) is 4.45. The molecule has 1 heterocycles. The Morgan fingerprint density at radius 1 is 1.19 bits per heavy atom. The van der Waals surface area contributed by atoms with Crippen molar-refractivity contribution in [2.45, 2.75) is 13.5 Å². The molecule has 3 aromatic rings. The number of nitrogens with one attached hydrogen (secondary N) is 1. The van der Waals surface area contributed by atoms with Gasteiger partial charge in [0.2, 0.25) is 0 Å². The average Bonchev–Trinajstić information content (AvgIpc) is 2.50. The number of anilines is 1. The quantitative estimate of drug-likeness (QED) is 0.659. The summed E-state index contributed by atoms with van der Waals surface area (Å²) in [5.74, 6) is 0. The fourth-order valence-corrected chi connectivity index (χ4v) is 2.93. The Labute approximate surface area is 137 Å². The van der Waals surface area contributed by atoms with Crippen molar-refractivity contribution in [3.63, 3.8) is 0 Å². The van der Waals surface area contributed by atoms with Crippen molar-refractivity contribution in [1.82, 2.24) is 4.98 Å². The largest absolute Gasteiger partial charge is 0.380 e. The smallest absolute Gasteiger partial charge is 0.0751 e. The van der Waals surface area contributed by atoms with Gasteiger partial charge in [0.1, 0.15) is 0 Å². The number of pyridine rings is 1. The van der Waals surface area contributed by atoms with Crippen LogP contribution in [0.4, 0.5) is 5.69 Å². The van der Waals surface area contributed by atoms with Crippen LogP contribution in [0.25, 0.3) is 10.9 Å². The number of hydrogen-bond donors (Lipinski definition) is 1. The number of fused-ring (bicyclic) bond motifs is 1. The zero-order valence-corrected chi connectivity index (χ0v) is 13.9. The van der Waals surface area contributed by atoms with Gasteiger partial charge in [-0.3, -0.25) is 4.98 Å². The minimum absolute atomic E-state index is 0.672. The molecular weight excluding hydrogens is 348 g/mol. The van der Waals surface area contributed by atoms with E-state index in [-0.39, 0.29) is 0 Å². The number of rotatable bonds is 3. The lowest BCUT2D eigenvalue weighted by Gasteiger charge is -2.12. The lowest BCUT2D eigenvalue weighted by molar-refractivity contribution is 1.15. The van der Waals surface area contributed by atoms with E-state index in [4.69, 9.17) is 11.6 Å². The summed E-state index contributed by atoms with van der Waals surface area (Å²) >= 11 is 9.71. The summed E-state index contributed by atoms with van der Waals surface area (Å²) in [5.41, 5.74) is 4.34. The van der Waals surface area contributed by atoms with E-state index >= 15 is 0 Å². The topological polar surface area (TPSA) is 24.9 Å². The summed E-state index contributed by atoms with van der Waals surface area (Å²) in [7, 11) is 0. The van der Waals surface area contributed by atoms with E-state index in [1.807, 2.05) is 30.5 Å². The molecule has 0 fully saturated rings. The number of benzene rings is 2. The third-order valence-corrected chi connectivity index (χ3v) is 4.31. The van der Waals surface area contributed by atoms with Crippen LogP contribution in [0, 0.1) is 6.92 Å². The molecule has 4 heteroatoms. The van der Waals surface area contributed by atoms with Gasteiger partial charge < -0.3 is 5.32 Å². The van der Waals surface area contributed by atoms with Gasteiger partial charge in [0, 0.05) is 33.3 Å². The molecule has 106 valence electrons. The van der Waals surface area contributed by atoms with Crippen molar-refractivity contribution < 1.29 is 0 Å². The van der Waals surface area contributed by atoms with Gasteiger partial charge in [-0.1, -0.05) is 33.6 Å². The molecule has 0 bridgehead atoms. The first-order valence-electron chi connectivity index (χ1n) is 6.67. The Kier molecular flexibility index (Phi) is 4.13. The van der Waals surface area contributed by atoms with E-state index in [0.717, 1.165) is 31.6 Å². The summed E-state index contributed by atoms with van der Waals surface area (Å²) in [6.07, 6.45) is 1.82.